The summed E-state index contributed by atoms with van der Waals surface area (Å²) in [6.45, 7) is 1.44. The molecule has 12 heteroatoms. The van der Waals surface area contributed by atoms with Crippen LogP contribution in [0.1, 0.15) is 17.7 Å². The highest BCUT2D eigenvalue weighted by Crippen LogP contribution is 2.34. The van der Waals surface area contributed by atoms with Crippen LogP contribution in [0, 0.1) is 17.2 Å². The van der Waals surface area contributed by atoms with Gasteiger partial charge in [-0.05, 0) is 30.3 Å². The van der Waals surface area contributed by atoms with E-state index in [2.05, 4.69) is 4.98 Å². The van der Waals surface area contributed by atoms with Crippen molar-refractivity contribution in [1.82, 2.24) is 9.88 Å². The topological polar surface area (TPSA) is 107 Å². The van der Waals surface area contributed by atoms with Crippen LogP contribution in [0.2, 0.25) is 0 Å². The predicted octanol–water partition coefficient (Wildman–Crippen LogP) is 3.53. The number of oxazole rings is 1. The lowest BCUT2D eigenvalue weighted by molar-refractivity contribution is -0.137. The van der Waals surface area contributed by atoms with E-state index in [-0.39, 0.29) is 36.1 Å². The fourth-order valence-corrected chi connectivity index (χ4v) is 4.47. The summed E-state index contributed by atoms with van der Waals surface area (Å²) in [5, 5.41) is 9.46. The van der Waals surface area contributed by atoms with Gasteiger partial charge in [-0.2, -0.15) is 23.4 Å². The molecule has 2 aliphatic rings. The molecule has 0 N–H and O–H groups in total. The van der Waals surface area contributed by atoms with Crippen molar-refractivity contribution in [3.05, 3.63) is 53.9 Å². The molecule has 1 atom stereocenters. The number of piperazine rings is 1. The highest BCUT2D eigenvalue weighted by Gasteiger charge is 2.39. The number of rotatable bonds is 4. The molecule has 0 saturated carbocycles. The van der Waals surface area contributed by atoms with Crippen molar-refractivity contribution in [2.24, 2.45) is 5.92 Å². The van der Waals surface area contributed by atoms with Crippen LogP contribution in [0.4, 0.5) is 24.7 Å². The van der Waals surface area contributed by atoms with Gasteiger partial charge in [0.15, 0.2) is 5.76 Å². The lowest BCUT2D eigenvalue weighted by atomic mass is 10.1. The third-order valence-corrected chi connectivity index (χ3v) is 6.29. The number of carbonyl (C=O) groups is 2. The van der Waals surface area contributed by atoms with Crippen LogP contribution >= 0.6 is 0 Å². The second-order valence-corrected chi connectivity index (χ2v) is 8.53. The lowest BCUT2D eigenvalue weighted by Crippen LogP contribution is -2.50. The summed E-state index contributed by atoms with van der Waals surface area (Å²) < 4.78 is 50.3. The van der Waals surface area contributed by atoms with Gasteiger partial charge in [-0.15, -0.1) is 0 Å². The Kier molecular flexibility index (Phi) is 5.91. The van der Waals surface area contributed by atoms with Crippen LogP contribution in [0.25, 0.3) is 11.7 Å². The average molecular weight is 499 g/mol. The zero-order valence-corrected chi connectivity index (χ0v) is 18.9. The molecule has 1 unspecified atom stereocenters. The number of hydrogen-bond acceptors (Lipinski definition) is 7. The maximum atomic E-state index is 13.1. The Morgan fingerprint density at radius 1 is 1.14 bits per heavy atom. The molecule has 36 heavy (non-hydrogen) atoms. The van der Waals surface area contributed by atoms with Crippen molar-refractivity contribution in [1.29, 1.82) is 5.26 Å². The largest absolute Gasteiger partial charge is 0.459 e. The van der Waals surface area contributed by atoms with Crippen molar-refractivity contribution in [2.45, 2.75) is 12.6 Å². The number of nitrogens with zero attached hydrogens (tertiary/aromatic N) is 5. The van der Waals surface area contributed by atoms with Gasteiger partial charge in [-0.3, -0.25) is 9.59 Å². The van der Waals surface area contributed by atoms with Crippen LogP contribution in [-0.2, 0) is 15.8 Å². The molecule has 0 aliphatic carbocycles. The van der Waals surface area contributed by atoms with E-state index in [0.29, 0.717) is 37.8 Å². The van der Waals surface area contributed by atoms with Crippen molar-refractivity contribution in [2.75, 3.05) is 42.5 Å². The Bertz CT molecular complexity index is 1320. The standard InChI is InChI=1S/C24H20F3N5O4/c25-24(26,27)16-3-1-4-17(12-16)32-14-15(11-20(32)33)22(34)30-6-8-31(9-7-30)23-18(13-28)29-21(36-23)19-5-2-10-35-19/h1-5,10,12,15H,6-9,11,14H2. The highest BCUT2D eigenvalue weighted by atomic mass is 19.4. The number of carbonyl (C=O) groups excluding carboxylic acids is 2. The molecule has 9 nitrogen and oxygen atoms in total. The van der Waals surface area contributed by atoms with Gasteiger partial charge in [0.25, 0.3) is 5.89 Å². The molecule has 0 spiro atoms. The second kappa shape index (κ2) is 9.07. The fraction of sp³-hybridized carbons (Fsp3) is 0.333. The Hall–Kier alpha value is -4.27. The van der Waals surface area contributed by atoms with Crippen molar-refractivity contribution in [3.8, 4) is 17.7 Å². The molecular formula is C24H20F3N5O4. The van der Waals surface area contributed by atoms with E-state index in [0.717, 1.165) is 12.1 Å². The number of furan rings is 1. The molecule has 2 fully saturated rings. The van der Waals surface area contributed by atoms with Crippen molar-refractivity contribution >= 4 is 23.4 Å². The third kappa shape index (κ3) is 4.39. The van der Waals surface area contributed by atoms with Gasteiger partial charge >= 0.3 is 6.18 Å². The third-order valence-electron chi connectivity index (χ3n) is 6.29. The number of aromatic nitrogens is 1. The minimum atomic E-state index is -4.53. The van der Waals surface area contributed by atoms with Gasteiger partial charge in [0, 0.05) is 44.8 Å². The monoisotopic (exact) mass is 499 g/mol. The summed E-state index contributed by atoms with van der Waals surface area (Å²) >= 11 is 0. The molecule has 2 aromatic heterocycles. The summed E-state index contributed by atoms with van der Waals surface area (Å²) in [7, 11) is 0. The smallest absolute Gasteiger partial charge is 0.416 e. The molecule has 3 aromatic rings. The first kappa shape index (κ1) is 23.5. The molecule has 0 radical (unpaired) electrons. The first-order valence-electron chi connectivity index (χ1n) is 11.2. The molecule has 5 rings (SSSR count). The minimum Gasteiger partial charge on any atom is -0.459 e. The van der Waals surface area contributed by atoms with E-state index < -0.39 is 23.6 Å². The number of hydrogen-bond donors (Lipinski definition) is 0. The summed E-state index contributed by atoms with van der Waals surface area (Å²) in [6, 6.07) is 9.89. The fourth-order valence-electron chi connectivity index (χ4n) is 4.47. The zero-order valence-electron chi connectivity index (χ0n) is 18.9. The molecule has 1 aromatic carbocycles. The lowest BCUT2D eigenvalue weighted by Gasteiger charge is -2.35. The number of nitriles is 1. The van der Waals surface area contributed by atoms with Crippen LogP contribution in [-0.4, -0.2) is 54.4 Å². The summed E-state index contributed by atoms with van der Waals surface area (Å²) in [4.78, 5) is 34.5. The van der Waals surface area contributed by atoms with Gasteiger partial charge in [0.05, 0.1) is 17.7 Å². The second-order valence-electron chi connectivity index (χ2n) is 8.53. The van der Waals surface area contributed by atoms with Crippen molar-refractivity contribution < 1.29 is 31.6 Å². The molecule has 0 bridgehead atoms. The first-order chi connectivity index (χ1) is 17.2. The van der Waals surface area contributed by atoms with E-state index in [1.54, 1.807) is 17.0 Å². The van der Waals surface area contributed by atoms with Gasteiger partial charge in [0.2, 0.25) is 23.4 Å². The Morgan fingerprint density at radius 3 is 2.58 bits per heavy atom. The maximum Gasteiger partial charge on any atom is 0.416 e. The molecule has 2 aliphatic heterocycles. The molecule has 2 amide bonds. The predicted molar refractivity (Wildman–Crippen MR) is 120 cm³/mol. The van der Waals surface area contributed by atoms with Crippen LogP contribution in [0.5, 0.6) is 0 Å². The average Bonchev–Trinajstić information content (AvgIpc) is 3.63. The van der Waals surface area contributed by atoms with Crippen molar-refractivity contribution in [3.63, 3.8) is 0 Å². The zero-order chi connectivity index (χ0) is 25.4. The number of alkyl halides is 3. The van der Waals surface area contributed by atoms with Gasteiger partial charge in [-0.1, -0.05) is 6.07 Å². The van der Waals surface area contributed by atoms with Crippen LogP contribution in [0.3, 0.4) is 0 Å². The van der Waals surface area contributed by atoms with E-state index in [1.165, 1.54) is 23.3 Å². The van der Waals surface area contributed by atoms with E-state index in [9.17, 15) is 28.0 Å². The quantitative estimate of drug-likeness (QED) is 0.541. The molecule has 2 saturated heterocycles. The first-order valence-corrected chi connectivity index (χ1v) is 11.2. The number of halogens is 3. The highest BCUT2D eigenvalue weighted by molar-refractivity contribution is 6.00. The summed E-state index contributed by atoms with van der Waals surface area (Å²) in [5.74, 6) is -0.400. The Balaban J connectivity index is 1.23. The summed E-state index contributed by atoms with van der Waals surface area (Å²) in [5.41, 5.74) is -0.617. The molecule has 186 valence electrons. The Labute approximate surface area is 203 Å². The number of amides is 2. The van der Waals surface area contributed by atoms with Gasteiger partial charge < -0.3 is 23.5 Å². The van der Waals surface area contributed by atoms with E-state index in [4.69, 9.17) is 8.83 Å². The van der Waals surface area contributed by atoms with Gasteiger partial charge in [-0.25, -0.2) is 0 Å². The molecule has 4 heterocycles. The van der Waals surface area contributed by atoms with Crippen LogP contribution in [0.15, 0.2) is 51.5 Å². The maximum absolute atomic E-state index is 13.1. The number of benzene rings is 1. The number of anilines is 2. The van der Waals surface area contributed by atoms with Crippen LogP contribution < -0.4 is 9.80 Å². The van der Waals surface area contributed by atoms with E-state index >= 15 is 0 Å². The normalized spacial score (nSPS) is 18.6. The minimum absolute atomic E-state index is 0.0202. The molecular weight excluding hydrogens is 479 g/mol. The van der Waals surface area contributed by atoms with E-state index in [1.807, 2.05) is 11.0 Å². The van der Waals surface area contributed by atoms with Gasteiger partial charge in [0.1, 0.15) is 6.07 Å². The SMILES string of the molecule is N#Cc1nc(-c2ccco2)oc1N1CCN(C(=O)C2CC(=O)N(c3cccc(C(F)(F)F)c3)C2)CC1. The Morgan fingerprint density at radius 2 is 1.92 bits per heavy atom. The summed E-state index contributed by atoms with van der Waals surface area (Å²) in [6.07, 6.45) is -3.12.